The van der Waals surface area contributed by atoms with Crippen molar-refractivity contribution in [3.8, 4) is 0 Å². The minimum absolute atomic E-state index is 0.238. The Morgan fingerprint density at radius 1 is 1.45 bits per heavy atom. The minimum Gasteiger partial charge on any atom is -0.381 e. The van der Waals surface area contributed by atoms with Crippen molar-refractivity contribution in [3.05, 3.63) is 35.4 Å². The van der Waals surface area contributed by atoms with Crippen LogP contribution in [0.1, 0.15) is 24.4 Å². The van der Waals surface area contributed by atoms with Crippen molar-refractivity contribution in [2.75, 3.05) is 33.4 Å². The van der Waals surface area contributed by atoms with Gasteiger partial charge in [-0.2, -0.15) is 0 Å². The molecule has 0 aliphatic carbocycles. The molecule has 2 atom stereocenters. The Bertz CT molecular complexity index is 436. The van der Waals surface area contributed by atoms with Crippen LogP contribution in [0.2, 0.25) is 0 Å². The van der Waals surface area contributed by atoms with Crippen LogP contribution in [0.3, 0.4) is 0 Å². The largest absolute Gasteiger partial charge is 0.381 e. The van der Waals surface area contributed by atoms with Gasteiger partial charge in [0.1, 0.15) is 11.6 Å². The third-order valence-corrected chi connectivity index (χ3v) is 3.88. The molecule has 1 aromatic carbocycles. The fraction of sp³-hybridized carbons (Fsp3) is 0.600. The average molecular weight is 284 g/mol. The van der Waals surface area contributed by atoms with E-state index in [2.05, 4.69) is 0 Å². The van der Waals surface area contributed by atoms with Crippen molar-refractivity contribution in [1.29, 1.82) is 0 Å². The molecule has 1 aromatic rings. The Morgan fingerprint density at radius 3 is 2.85 bits per heavy atom. The summed E-state index contributed by atoms with van der Waals surface area (Å²) >= 11 is 0. The van der Waals surface area contributed by atoms with Gasteiger partial charge in [-0.05, 0) is 31.9 Å². The predicted octanol–water partition coefficient (Wildman–Crippen LogP) is 2.32. The van der Waals surface area contributed by atoms with Crippen molar-refractivity contribution in [3.63, 3.8) is 0 Å². The number of nitrogens with two attached hydrogens (primary N) is 1. The monoisotopic (exact) mass is 284 g/mol. The zero-order chi connectivity index (χ0) is 14.5. The summed E-state index contributed by atoms with van der Waals surface area (Å²) in [5.41, 5.74) is 6.24. The summed E-state index contributed by atoms with van der Waals surface area (Å²) in [6.07, 6.45) is 2.18. The van der Waals surface area contributed by atoms with Gasteiger partial charge in [0.25, 0.3) is 0 Å². The lowest BCUT2D eigenvalue weighted by Gasteiger charge is -2.32. The predicted molar refractivity (Wildman–Crippen MR) is 74.3 cm³/mol. The van der Waals surface area contributed by atoms with Gasteiger partial charge in [0.2, 0.25) is 0 Å². The highest BCUT2D eigenvalue weighted by molar-refractivity contribution is 5.22. The molecule has 1 aliphatic rings. The van der Waals surface area contributed by atoms with Crippen LogP contribution >= 0.6 is 0 Å². The first-order chi connectivity index (χ1) is 9.61. The van der Waals surface area contributed by atoms with E-state index >= 15 is 0 Å². The van der Waals surface area contributed by atoms with E-state index in [0.717, 1.165) is 38.7 Å². The highest BCUT2D eigenvalue weighted by Crippen LogP contribution is 2.24. The van der Waals surface area contributed by atoms with Gasteiger partial charge in [0, 0.05) is 37.4 Å². The lowest BCUT2D eigenvalue weighted by atomic mass is 9.99. The average Bonchev–Trinajstić information content (AvgIpc) is 2.43. The number of benzene rings is 1. The topological polar surface area (TPSA) is 38.5 Å². The highest BCUT2D eigenvalue weighted by Gasteiger charge is 2.23. The second-order valence-electron chi connectivity index (χ2n) is 5.44. The van der Waals surface area contributed by atoms with Crippen molar-refractivity contribution >= 4 is 0 Å². The number of hydrogen-bond acceptors (Lipinski definition) is 3. The van der Waals surface area contributed by atoms with Crippen molar-refractivity contribution < 1.29 is 13.5 Å². The summed E-state index contributed by atoms with van der Waals surface area (Å²) in [7, 11) is 1.93. The van der Waals surface area contributed by atoms with E-state index in [0.29, 0.717) is 18.0 Å². The molecule has 20 heavy (non-hydrogen) atoms. The van der Waals surface area contributed by atoms with Crippen LogP contribution in [0.25, 0.3) is 0 Å². The molecular weight excluding hydrogens is 262 g/mol. The molecule has 3 nitrogen and oxygen atoms in total. The van der Waals surface area contributed by atoms with Crippen molar-refractivity contribution in [2.24, 2.45) is 11.7 Å². The van der Waals surface area contributed by atoms with E-state index in [9.17, 15) is 8.78 Å². The summed E-state index contributed by atoms with van der Waals surface area (Å²) in [6, 6.07) is 3.43. The number of hydrogen-bond donors (Lipinski definition) is 1. The van der Waals surface area contributed by atoms with Gasteiger partial charge in [0.15, 0.2) is 0 Å². The molecule has 112 valence electrons. The Kier molecular flexibility index (Phi) is 5.46. The molecule has 2 unspecified atom stereocenters. The van der Waals surface area contributed by atoms with Crippen molar-refractivity contribution in [1.82, 2.24) is 4.90 Å². The number of rotatable bonds is 5. The van der Waals surface area contributed by atoms with Gasteiger partial charge in [0.05, 0.1) is 6.61 Å². The summed E-state index contributed by atoms with van der Waals surface area (Å²) in [6.45, 7) is 2.67. The summed E-state index contributed by atoms with van der Waals surface area (Å²) in [5.74, 6) is -0.649. The van der Waals surface area contributed by atoms with Crippen LogP contribution in [0.4, 0.5) is 8.78 Å². The Hall–Kier alpha value is -1.04. The Labute approximate surface area is 118 Å². The second kappa shape index (κ2) is 7.11. The standard InChI is InChI=1S/C15H22F2N2O/c1-19(9-11-3-2-6-20-10-11)15(8-18)13-5-4-12(16)7-14(13)17/h4-5,7,11,15H,2-3,6,8-10,18H2,1H3. The van der Waals surface area contributed by atoms with E-state index in [1.807, 2.05) is 11.9 Å². The molecule has 2 rings (SSSR count). The van der Waals surface area contributed by atoms with Gasteiger partial charge in [-0.1, -0.05) is 6.07 Å². The molecule has 1 saturated heterocycles. The summed E-state index contributed by atoms with van der Waals surface area (Å²) < 4.78 is 32.3. The smallest absolute Gasteiger partial charge is 0.130 e. The van der Waals surface area contributed by atoms with Crippen molar-refractivity contribution in [2.45, 2.75) is 18.9 Å². The molecule has 1 aliphatic heterocycles. The summed E-state index contributed by atoms with van der Waals surface area (Å²) in [4.78, 5) is 2.04. The molecule has 1 fully saturated rings. The van der Waals surface area contributed by atoms with Crippen LogP contribution in [-0.4, -0.2) is 38.3 Å². The van der Waals surface area contributed by atoms with Crippen LogP contribution < -0.4 is 5.73 Å². The van der Waals surface area contributed by atoms with Gasteiger partial charge >= 0.3 is 0 Å². The normalized spacial score (nSPS) is 21.1. The SMILES string of the molecule is CN(CC1CCCOC1)C(CN)c1ccc(F)cc1F. The lowest BCUT2D eigenvalue weighted by Crippen LogP contribution is -2.37. The number of nitrogens with zero attached hydrogens (tertiary/aromatic N) is 1. The number of ether oxygens (including phenoxy) is 1. The molecule has 2 N–H and O–H groups in total. The maximum Gasteiger partial charge on any atom is 0.130 e. The number of likely N-dealkylation sites (N-methyl/N-ethyl adjacent to an activating group) is 1. The molecule has 0 saturated carbocycles. The van der Waals surface area contributed by atoms with Gasteiger partial charge in [-0.15, -0.1) is 0 Å². The van der Waals surface area contributed by atoms with Crippen LogP contribution in [0.15, 0.2) is 18.2 Å². The maximum atomic E-state index is 13.9. The van der Waals surface area contributed by atoms with Gasteiger partial charge < -0.3 is 10.5 Å². The van der Waals surface area contributed by atoms with Gasteiger partial charge in [-0.3, -0.25) is 4.90 Å². The first-order valence-electron chi connectivity index (χ1n) is 7.04. The Balaban J connectivity index is 2.06. The van der Waals surface area contributed by atoms with Crippen LogP contribution in [0.5, 0.6) is 0 Å². The van der Waals surface area contributed by atoms with Crippen LogP contribution in [-0.2, 0) is 4.74 Å². The summed E-state index contributed by atoms with van der Waals surface area (Å²) in [5, 5.41) is 0. The number of halogens is 2. The highest BCUT2D eigenvalue weighted by atomic mass is 19.1. The molecule has 0 spiro atoms. The van der Waals surface area contributed by atoms with E-state index in [4.69, 9.17) is 10.5 Å². The molecule has 0 bridgehead atoms. The second-order valence-corrected chi connectivity index (χ2v) is 5.44. The van der Waals surface area contributed by atoms with E-state index in [-0.39, 0.29) is 6.04 Å². The molecule has 0 amide bonds. The van der Waals surface area contributed by atoms with Gasteiger partial charge in [-0.25, -0.2) is 8.78 Å². The fourth-order valence-corrected chi connectivity index (χ4v) is 2.80. The third-order valence-electron chi connectivity index (χ3n) is 3.88. The van der Waals surface area contributed by atoms with E-state index < -0.39 is 11.6 Å². The minimum atomic E-state index is -0.564. The van der Waals surface area contributed by atoms with Crippen LogP contribution in [0, 0.1) is 17.6 Å². The molecular formula is C15H22F2N2O. The first-order valence-corrected chi connectivity index (χ1v) is 7.04. The molecule has 0 aromatic heterocycles. The zero-order valence-corrected chi connectivity index (χ0v) is 11.8. The quantitative estimate of drug-likeness (QED) is 0.902. The lowest BCUT2D eigenvalue weighted by molar-refractivity contribution is 0.0363. The third kappa shape index (κ3) is 3.75. The molecule has 1 heterocycles. The molecule has 0 radical (unpaired) electrons. The molecule has 5 heteroatoms. The Morgan fingerprint density at radius 2 is 2.25 bits per heavy atom. The van der Waals surface area contributed by atoms with E-state index in [1.165, 1.54) is 12.1 Å². The first kappa shape index (κ1) is 15.4. The zero-order valence-electron chi connectivity index (χ0n) is 11.8. The van der Waals surface area contributed by atoms with E-state index in [1.54, 1.807) is 0 Å². The fourth-order valence-electron chi connectivity index (χ4n) is 2.80. The maximum absolute atomic E-state index is 13.9.